The number of pyridine rings is 1. The molecule has 2 rings (SSSR count). The zero-order chi connectivity index (χ0) is 15.5. The second kappa shape index (κ2) is 5.95. The van der Waals surface area contributed by atoms with Crippen LogP contribution in [0, 0.1) is 6.92 Å². The molecule has 110 valence electrons. The zero-order valence-electron chi connectivity index (χ0n) is 12.8. The van der Waals surface area contributed by atoms with Gasteiger partial charge >= 0.3 is 0 Å². The summed E-state index contributed by atoms with van der Waals surface area (Å²) in [5.74, 6) is 0.624. The highest BCUT2D eigenvalue weighted by Gasteiger charge is 2.25. The van der Waals surface area contributed by atoms with Crippen LogP contribution in [0.5, 0.6) is 5.75 Å². The van der Waals surface area contributed by atoms with Gasteiger partial charge in [0.2, 0.25) is 0 Å². The summed E-state index contributed by atoms with van der Waals surface area (Å²) in [5, 5.41) is 3.02. The maximum Gasteiger partial charge on any atom is 0.252 e. The van der Waals surface area contributed by atoms with E-state index in [9.17, 15) is 4.79 Å². The van der Waals surface area contributed by atoms with Crippen molar-refractivity contribution in [1.29, 1.82) is 0 Å². The Morgan fingerprint density at radius 1 is 1.24 bits per heavy atom. The molecule has 1 aromatic heterocycles. The van der Waals surface area contributed by atoms with E-state index in [1.165, 1.54) is 0 Å². The lowest BCUT2D eigenvalue weighted by atomic mass is 9.98. The van der Waals surface area contributed by atoms with Crippen molar-refractivity contribution >= 4 is 5.91 Å². The molecule has 0 aliphatic carbocycles. The number of nitrogens with zero attached hydrogens (tertiary/aromatic N) is 1. The third kappa shape index (κ3) is 3.40. The van der Waals surface area contributed by atoms with E-state index in [2.05, 4.69) is 10.3 Å². The molecule has 0 aliphatic heterocycles. The molecule has 0 bridgehead atoms. The first kappa shape index (κ1) is 15.0. The normalized spacial score (nSPS) is 11.0. The van der Waals surface area contributed by atoms with Crippen LogP contribution in [0.4, 0.5) is 0 Å². The topological polar surface area (TPSA) is 51.2 Å². The predicted octanol–water partition coefficient (Wildman–Crippen LogP) is 3.06. The summed E-state index contributed by atoms with van der Waals surface area (Å²) in [4.78, 5) is 16.8. The molecule has 1 aromatic carbocycles. The summed E-state index contributed by atoms with van der Waals surface area (Å²) >= 11 is 0. The van der Waals surface area contributed by atoms with Crippen molar-refractivity contribution in [2.75, 3.05) is 7.11 Å². The van der Waals surface area contributed by atoms with Gasteiger partial charge < -0.3 is 10.1 Å². The van der Waals surface area contributed by atoms with Crippen LogP contribution < -0.4 is 10.1 Å². The molecule has 1 heterocycles. The number of methoxy groups -OCH3 is 1. The summed E-state index contributed by atoms with van der Waals surface area (Å²) in [7, 11) is 1.61. The lowest BCUT2D eigenvalue weighted by Gasteiger charge is -2.26. The van der Waals surface area contributed by atoms with Gasteiger partial charge in [0.15, 0.2) is 0 Å². The highest BCUT2D eigenvalue weighted by molar-refractivity contribution is 5.96. The number of hydrogen-bond acceptors (Lipinski definition) is 3. The molecule has 0 saturated heterocycles. The number of benzene rings is 1. The van der Waals surface area contributed by atoms with Crippen LogP contribution >= 0.6 is 0 Å². The molecule has 0 saturated carbocycles. The molecular weight excluding hydrogens is 264 g/mol. The van der Waals surface area contributed by atoms with Gasteiger partial charge in [0.05, 0.1) is 18.3 Å². The molecule has 0 atom stereocenters. The Balaban J connectivity index is 2.22. The van der Waals surface area contributed by atoms with Gasteiger partial charge in [0, 0.05) is 11.8 Å². The molecule has 4 nitrogen and oxygen atoms in total. The number of amides is 1. The fourth-order valence-electron chi connectivity index (χ4n) is 2.17. The summed E-state index contributed by atoms with van der Waals surface area (Å²) in [6.07, 6.45) is 1.72. The molecule has 0 unspecified atom stereocenters. The minimum absolute atomic E-state index is 0.120. The summed E-state index contributed by atoms with van der Waals surface area (Å²) < 4.78 is 5.16. The second-order valence-corrected chi connectivity index (χ2v) is 5.47. The monoisotopic (exact) mass is 284 g/mol. The molecule has 0 spiro atoms. The molecule has 0 radical (unpaired) electrons. The van der Waals surface area contributed by atoms with Crippen molar-refractivity contribution < 1.29 is 9.53 Å². The van der Waals surface area contributed by atoms with Crippen LogP contribution in [-0.2, 0) is 5.54 Å². The van der Waals surface area contributed by atoms with Crippen LogP contribution in [0.3, 0.4) is 0 Å². The maximum atomic E-state index is 12.5. The second-order valence-electron chi connectivity index (χ2n) is 5.47. The Hall–Kier alpha value is -2.36. The van der Waals surface area contributed by atoms with E-state index in [0.717, 1.165) is 17.0 Å². The van der Waals surface area contributed by atoms with Gasteiger partial charge in [-0.05, 0) is 56.7 Å². The highest BCUT2D eigenvalue weighted by atomic mass is 16.5. The fraction of sp³-hybridized carbons (Fsp3) is 0.294. The van der Waals surface area contributed by atoms with Gasteiger partial charge in [0.25, 0.3) is 5.91 Å². The lowest BCUT2D eigenvalue weighted by Crippen LogP contribution is -2.41. The van der Waals surface area contributed by atoms with Gasteiger partial charge in [0.1, 0.15) is 5.75 Å². The number of aryl methyl sites for hydroxylation is 1. The number of carbonyl (C=O) groups is 1. The van der Waals surface area contributed by atoms with Crippen LogP contribution in [0.1, 0.15) is 35.5 Å². The zero-order valence-corrected chi connectivity index (χ0v) is 12.8. The fourth-order valence-corrected chi connectivity index (χ4v) is 2.17. The van der Waals surface area contributed by atoms with Crippen LogP contribution in [0.15, 0.2) is 42.6 Å². The smallest absolute Gasteiger partial charge is 0.252 e. The number of aromatic nitrogens is 1. The van der Waals surface area contributed by atoms with Crippen LogP contribution in [0.2, 0.25) is 0 Å². The number of rotatable bonds is 4. The van der Waals surface area contributed by atoms with E-state index in [1.807, 2.05) is 45.0 Å². The van der Waals surface area contributed by atoms with E-state index < -0.39 is 5.54 Å². The van der Waals surface area contributed by atoms with E-state index in [0.29, 0.717) is 5.56 Å². The predicted molar refractivity (Wildman–Crippen MR) is 82.5 cm³/mol. The van der Waals surface area contributed by atoms with Crippen molar-refractivity contribution in [2.24, 2.45) is 0 Å². The summed E-state index contributed by atoms with van der Waals surface area (Å²) in [6, 6.07) is 11.1. The minimum Gasteiger partial charge on any atom is -0.497 e. The molecule has 2 aromatic rings. The average Bonchev–Trinajstić information content (AvgIpc) is 2.47. The number of nitrogens with one attached hydrogen (secondary N) is 1. The van der Waals surface area contributed by atoms with Gasteiger partial charge in [-0.2, -0.15) is 0 Å². The van der Waals surface area contributed by atoms with Crippen molar-refractivity contribution in [3.8, 4) is 5.75 Å². The molecule has 0 fully saturated rings. The van der Waals surface area contributed by atoms with Crippen molar-refractivity contribution in [3.05, 3.63) is 59.4 Å². The lowest BCUT2D eigenvalue weighted by molar-refractivity contribution is 0.0909. The van der Waals surface area contributed by atoms with Gasteiger partial charge in [-0.1, -0.05) is 6.07 Å². The first-order valence-electron chi connectivity index (χ1n) is 6.83. The summed E-state index contributed by atoms with van der Waals surface area (Å²) in [5.41, 5.74) is 1.80. The van der Waals surface area contributed by atoms with Crippen LogP contribution in [-0.4, -0.2) is 18.0 Å². The number of carbonyl (C=O) groups excluding carboxylic acids is 1. The third-order valence-corrected chi connectivity index (χ3v) is 3.41. The van der Waals surface area contributed by atoms with E-state index in [-0.39, 0.29) is 5.91 Å². The first-order valence-corrected chi connectivity index (χ1v) is 6.83. The van der Waals surface area contributed by atoms with Crippen molar-refractivity contribution in [1.82, 2.24) is 10.3 Å². The molecule has 1 N–H and O–H groups in total. The Kier molecular flexibility index (Phi) is 4.26. The first-order chi connectivity index (χ1) is 9.94. The molecular formula is C17H20N2O2. The van der Waals surface area contributed by atoms with E-state index in [4.69, 9.17) is 4.74 Å². The molecule has 1 amide bonds. The molecule has 0 aliphatic rings. The Morgan fingerprint density at radius 3 is 2.57 bits per heavy atom. The number of hydrogen-bond donors (Lipinski definition) is 1. The Labute approximate surface area is 125 Å². The SMILES string of the molecule is COc1ccc(C(=O)NC(C)(C)c2ccccn2)c(C)c1. The van der Waals surface area contributed by atoms with Gasteiger partial charge in [-0.25, -0.2) is 0 Å². The van der Waals surface area contributed by atoms with Crippen molar-refractivity contribution in [2.45, 2.75) is 26.3 Å². The van der Waals surface area contributed by atoms with E-state index in [1.54, 1.807) is 25.4 Å². The molecule has 4 heteroatoms. The minimum atomic E-state index is -0.537. The average molecular weight is 284 g/mol. The molecule has 21 heavy (non-hydrogen) atoms. The Bertz CT molecular complexity index is 636. The highest BCUT2D eigenvalue weighted by Crippen LogP contribution is 2.21. The standard InChI is InChI=1S/C17H20N2O2/c1-12-11-13(21-4)8-9-14(12)16(20)19-17(2,3)15-7-5-6-10-18-15/h5-11H,1-4H3,(H,19,20). The van der Waals surface area contributed by atoms with Crippen LogP contribution in [0.25, 0.3) is 0 Å². The van der Waals surface area contributed by atoms with Crippen molar-refractivity contribution in [3.63, 3.8) is 0 Å². The third-order valence-electron chi connectivity index (χ3n) is 3.41. The van der Waals surface area contributed by atoms with E-state index >= 15 is 0 Å². The van der Waals surface area contributed by atoms with Gasteiger partial charge in [-0.3, -0.25) is 9.78 Å². The quantitative estimate of drug-likeness (QED) is 0.938. The maximum absolute atomic E-state index is 12.5. The van der Waals surface area contributed by atoms with Gasteiger partial charge in [-0.15, -0.1) is 0 Å². The summed E-state index contributed by atoms with van der Waals surface area (Å²) in [6.45, 7) is 5.77. The Morgan fingerprint density at radius 2 is 2.00 bits per heavy atom. The largest absolute Gasteiger partial charge is 0.497 e. The number of ether oxygens (including phenoxy) is 1.